The van der Waals surface area contributed by atoms with E-state index in [4.69, 9.17) is 0 Å². The Kier molecular flexibility index (Phi) is 5.89. The zero-order chi connectivity index (χ0) is 22.1. The predicted octanol–water partition coefficient (Wildman–Crippen LogP) is 4.16. The average molecular weight is 437 g/mol. The highest BCUT2D eigenvalue weighted by molar-refractivity contribution is 6.03. The van der Waals surface area contributed by atoms with Crippen molar-refractivity contribution in [2.24, 2.45) is 5.10 Å². The van der Waals surface area contributed by atoms with Crippen molar-refractivity contribution in [1.82, 2.24) is 14.6 Å². The fourth-order valence-electron chi connectivity index (χ4n) is 5.69. The van der Waals surface area contributed by atoms with Gasteiger partial charge in [-0.2, -0.15) is 5.10 Å². The fourth-order valence-corrected chi connectivity index (χ4v) is 5.69. The van der Waals surface area contributed by atoms with Gasteiger partial charge in [0.25, 0.3) is 5.56 Å². The number of rotatable bonds is 4. The van der Waals surface area contributed by atoms with Crippen LogP contribution in [0.1, 0.15) is 99.9 Å². The van der Waals surface area contributed by atoms with Gasteiger partial charge in [0.1, 0.15) is 5.56 Å². The van der Waals surface area contributed by atoms with E-state index >= 15 is 0 Å². The highest BCUT2D eigenvalue weighted by Gasteiger charge is 2.33. The third kappa shape index (κ3) is 3.78. The van der Waals surface area contributed by atoms with Crippen LogP contribution in [0.5, 0.6) is 5.88 Å². The van der Waals surface area contributed by atoms with Gasteiger partial charge in [-0.15, -0.1) is 0 Å². The summed E-state index contributed by atoms with van der Waals surface area (Å²) in [6.07, 6.45) is 10.3. The molecule has 0 radical (unpaired) electrons. The first-order chi connectivity index (χ1) is 15.6. The minimum atomic E-state index is -0.388. The van der Waals surface area contributed by atoms with Gasteiger partial charge in [0.05, 0.1) is 11.8 Å². The van der Waals surface area contributed by atoms with Crippen molar-refractivity contribution in [2.75, 3.05) is 0 Å². The zero-order valence-corrected chi connectivity index (χ0v) is 18.5. The summed E-state index contributed by atoms with van der Waals surface area (Å²) in [5.74, 6) is -0.201. The molecule has 1 unspecified atom stereocenters. The summed E-state index contributed by atoms with van der Waals surface area (Å²) in [5.41, 5.74) is 4.22. The van der Waals surface area contributed by atoms with Crippen LogP contribution in [0.4, 0.5) is 0 Å². The van der Waals surface area contributed by atoms with Crippen LogP contribution < -0.4 is 16.7 Å². The van der Waals surface area contributed by atoms with Crippen molar-refractivity contribution in [3.8, 4) is 5.88 Å². The number of hydrazone groups is 1. The summed E-state index contributed by atoms with van der Waals surface area (Å²) in [7, 11) is 0. The van der Waals surface area contributed by atoms with Gasteiger partial charge < -0.3 is 10.5 Å². The van der Waals surface area contributed by atoms with Gasteiger partial charge in [-0.05, 0) is 31.2 Å². The largest absolute Gasteiger partial charge is 0.494 e. The molecule has 3 aliphatic rings. The molecule has 0 bridgehead atoms. The highest BCUT2D eigenvalue weighted by Crippen LogP contribution is 2.33. The second-order valence-corrected chi connectivity index (χ2v) is 9.46. The molecule has 5 rings (SSSR count). The van der Waals surface area contributed by atoms with E-state index in [1.807, 2.05) is 30.3 Å². The summed E-state index contributed by atoms with van der Waals surface area (Å²) < 4.78 is 2.96. The van der Waals surface area contributed by atoms with Crippen LogP contribution in [0.15, 0.2) is 45.0 Å². The Labute approximate surface area is 187 Å². The molecular weight excluding hydrogens is 404 g/mol. The smallest absolute Gasteiger partial charge is 0.334 e. The molecule has 1 aromatic carbocycles. The zero-order valence-electron chi connectivity index (χ0n) is 18.5. The second-order valence-electron chi connectivity index (χ2n) is 9.46. The molecule has 0 saturated heterocycles. The molecule has 1 aliphatic heterocycles. The number of benzene rings is 1. The van der Waals surface area contributed by atoms with Crippen LogP contribution in [0.25, 0.3) is 0 Å². The molecule has 1 atom stereocenters. The Bertz CT molecular complexity index is 1110. The third-order valence-electron chi connectivity index (χ3n) is 7.42. The van der Waals surface area contributed by atoms with E-state index in [9.17, 15) is 14.7 Å². The number of nitrogens with zero attached hydrogens (tertiary/aromatic N) is 3. The molecule has 7 nitrogen and oxygen atoms in total. The lowest BCUT2D eigenvalue weighted by molar-refractivity contribution is 0.271. The fraction of sp³-hybridized carbons (Fsp3) is 0.560. The van der Waals surface area contributed by atoms with Gasteiger partial charge >= 0.3 is 5.69 Å². The quantitative estimate of drug-likeness (QED) is 0.753. The normalized spacial score (nSPS) is 22.5. The summed E-state index contributed by atoms with van der Waals surface area (Å²) in [6.45, 7) is 0. The SMILES string of the molecule is O=c1c(C2=NNC(c3ccccc3)C2)c(O)n(C2CCCCC2)c(=O)n1C1CCCCC1. The maximum Gasteiger partial charge on any atom is 0.334 e. The van der Waals surface area contributed by atoms with Gasteiger partial charge in [-0.1, -0.05) is 68.9 Å². The molecule has 170 valence electrons. The number of hydrogen-bond acceptors (Lipinski definition) is 5. The highest BCUT2D eigenvalue weighted by atomic mass is 16.3. The lowest BCUT2D eigenvalue weighted by atomic mass is 9.93. The van der Waals surface area contributed by atoms with Gasteiger partial charge in [-0.3, -0.25) is 13.9 Å². The van der Waals surface area contributed by atoms with Crippen LogP contribution in [0, 0.1) is 0 Å². The van der Waals surface area contributed by atoms with Crippen molar-refractivity contribution >= 4 is 5.71 Å². The van der Waals surface area contributed by atoms with Gasteiger partial charge in [0.15, 0.2) is 0 Å². The van der Waals surface area contributed by atoms with Crippen LogP contribution in [-0.2, 0) is 0 Å². The van der Waals surface area contributed by atoms with E-state index < -0.39 is 0 Å². The van der Waals surface area contributed by atoms with Crippen LogP contribution in [0.2, 0.25) is 0 Å². The van der Waals surface area contributed by atoms with E-state index in [1.54, 1.807) is 0 Å². The first kappa shape index (κ1) is 21.0. The molecule has 2 heterocycles. The monoisotopic (exact) mass is 436 g/mol. The summed E-state index contributed by atoms with van der Waals surface area (Å²) in [5, 5.41) is 15.7. The summed E-state index contributed by atoms with van der Waals surface area (Å²) >= 11 is 0. The predicted molar refractivity (Wildman–Crippen MR) is 124 cm³/mol. The third-order valence-corrected chi connectivity index (χ3v) is 7.42. The van der Waals surface area contributed by atoms with Crippen molar-refractivity contribution in [3.05, 3.63) is 62.3 Å². The van der Waals surface area contributed by atoms with Crippen molar-refractivity contribution in [2.45, 2.75) is 88.8 Å². The van der Waals surface area contributed by atoms with E-state index in [1.165, 1.54) is 9.13 Å². The minimum absolute atomic E-state index is 0.0526. The molecule has 1 aromatic heterocycles. The Hall–Kier alpha value is -2.83. The Balaban J connectivity index is 1.60. The van der Waals surface area contributed by atoms with Crippen molar-refractivity contribution in [1.29, 1.82) is 0 Å². The molecule has 7 heteroatoms. The Morgan fingerprint density at radius 1 is 0.844 bits per heavy atom. The summed E-state index contributed by atoms with van der Waals surface area (Å²) in [4.78, 5) is 27.2. The number of hydrogen-bond donors (Lipinski definition) is 2. The first-order valence-electron chi connectivity index (χ1n) is 12.1. The van der Waals surface area contributed by atoms with E-state index in [0.717, 1.165) is 69.8 Å². The molecular formula is C25H32N4O3. The lowest BCUT2D eigenvalue weighted by Gasteiger charge is -2.29. The second kappa shape index (κ2) is 8.96. The average Bonchev–Trinajstić information content (AvgIpc) is 3.31. The van der Waals surface area contributed by atoms with Crippen LogP contribution in [-0.4, -0.2) is 20.0 Å². The van der Waals surface area contributed by atoms with Crippen molar-refractivity contribution < 1.29 is 5.11 Å². The minimum Gasteiger partial charge on any atom is -0.494 e. The molecule has 2 N–H and O–H groups in total. The first-order valence-corrected chi connectivity index (χ1v) is 12.1. The lowest BCUT2D eigenvalue weighted by Crippen LogP contribution is -2.46. The Morgan fingerprint density at radius 2 is 1.44 bits per heavy atom. The molecule has 2 aromatic rings. The van der Waals surface area contributed by atoms with Gasteiger partial charge in [0.2, 0.25) is 5.88 Å². The maximum absolute atomic E-state index is 13.7. The Morgan fingerprint density at radius 3 is 2.06 bits per heavy atom. The number of aromatic nitrogens is 2. The standard InChI is InChI=1S/C25H32N4O3/c30-23-22(21-16-20(26-27-21)17-10-4-1-5-11-17)24(31)29(19-14-8-3-9-15-19)25(32)28(23)18-12-6-2-7-13-18/h1,4-5,10-11,18-20,26,30H,2-3,6-9,12-16H2. The van der Waals surface area contributed by atoms with Gasteiger partial charge in [0, 0.05) is 18.5 Å². The molecule has 2 fully saturated rings. The summed E-state index contributed by atoms with van der Waals surface area (Å²) in [6, 6.07) is 9.76. The van der Waals surface area contributed by atoms with Gasteiger partial charge in [-0.25, -0.2) is 4.79 Å². The van der Waals surface area contributed by atoms with Crippen LogP contribution in [0.3, 0.4) is 0 Å². The topological polar surface area (TPSA) is 88.6 Å². The maximum atomic E-state index is 13.7. The van der Waals surface area contributed by atoms with Crippen LogP contribution >= 0.6 is 0 Å². The van der Waals surface area contributed by atoms with E-state index in [2.05, 4.69) is 10.5 Å². The molecule has 32 heavy (non-hydrogen) atoms. The van der Waals surface area contributed by atoms with E-state index in [-0.39, 0.29) is 40.8 Å². The number of nitrogens with one attached hydrogen (secondary N) is 1. The molecule has 0 amide bonds. The van der Waals surface area contributed by atoms with Crippen molar-refractivity contribution in [3.63, 3.8) is 0 Å². The van der Waals surface area contributed by atoms with E-state index in [0.29, 0.717) is 12.1 Å². The number of aromatic hydroxyl groups is 1. The molecule has 0 spiro atoms. The molecule has 2 saturated carbocycles. The molecule has 2 aliphatic carbocycles.